The zero-order valence-electron chi connectivity index (χ0n) is 15.7. The van der Waals surface area contributed by atoms with Crippen molar-refractivity contribution in [1.29, 1.82) is 0 Å². The first kappa shape index (κ1) is 24.0. The molecule has 0 fully saturated rings. The number of aliphatic hydroxyl groups is 2. The SMILES string of the molecule is CCOC(=O)CN1C(=O)[C@H](N)CCc2ccccc21.O=C(O)C(O)C(O)C(=O)O. The summed E-state index contributed by atoms with van der Waals surface area (Å²) in [4.78, 5) is 44.8. The van der Waals surface area contributed by atoms with Crippen LogP contribution in [0.15, 0.2) is 24.3 Å². The number of rotatable bonds is 6. The van der Waals surface area contributed by atoms with Crippen LogP contribution in [0.5, 0.6) is 0 Å². The van der Waals surface area contributed by atoms with Crippen LogP contribution in [-0.2, 0) is 30.3 Å². The Labute approximate surface area is 166 Å². The van der Waals surface area contributed by atoms with Crippen molar-refractivity contribution in [3.8, 4) is 0 Å². The molecule has 0 aliphatic carbocycles. The van der Waals surface area contributed by atoms with Gasteiger partial charge < -0.3 is 30.9 Å². The lowest BCUT2D eigenvalue weighted by Crippen LogP contribution is -2.45. The summed E-state index contributed by atoms with van der Waals surface area (Å²) < 4.78 is 4.91. The molecule has 1 aliphatic rings. The lowest BCUT2D eigenvalue weighted by Gasteiger charge is -2.23. The van der Waals surface area contributed by atoms with Crippen molar-refractivity contribution in [1.82, 2.24) is 0 Å². The van der Waals surface area contributed by atoms with Crippen LogP contribution in [0.25, 0.3) is 0 Å². The largest absolute Gasteiger partial charge is 0.479 e. The first-order valence-corrected chi connectivity index (χ1v) is 8.72. The molecule has 0 radical (unpaired) electrons. The van der Waals surface area contributed by atoms with Crippen molar-refractivity contribution in [2.45, 2.75) is 38.0 Å². The van der Waals surface area contributed by atoms with Gasteiger partial charge in [-0.15, -0.1) is 0 Å². The summed E-state index contributed by atoms with van der Waals surface area (Å²) in [7, 11) is 0. The number of esters is 1. The predicted octanol–water partition coefficient (Wildman–Crippen LogP) is -1.27. The van der Waals surface area contributed by atoms with Gasteiger partial charge in [-0.2, -0.15) is 0 Å². The van der Waals surface area contributed by atoms with E-state index in [1.54, 1.807) is 6.92 Å². The molecule has 1 heterocycles. The number of aliphatic carboxylic acids is 2. The highest BCUT2D eigenvalue weighted by atomic mass is 16.5. The Hall–Kier alpha value is -3.02. The van der Waals surface area contributed by atoms with E-state index in [1.165, 1.54) is 4.90 Å². The number of anilines is 1. The molecular weight excluding hydrogens is 388 g/mol. The van der Waals surface area contributed by atoms with Gasteiger partial charge in [0.1, 0.15) is 6.54 Å². The van der Waals surface area contributed by atoms with Gasteiger partial charge in [0.25, 0.3) is 0 Å². The van der Waals surface area contributed by atoms with E-state index in [4.69, 9.17) is 30.9 Å². The smallest absolute Gasteiger partial charge is 0.335 e. The van der Waals surface area contributed by atoms with Gasteiger partial charge in [-0.1, -0.05) is 18.2 Å². The third-order valence-electron chi connectivity index (χ3n) is 3.99. The van der Waals surface area contributed by atoms with Gasteiger partial charge in [-0.25, -0.2) is 9.59 Å². The highest BCUT2D eigenvalue weighted by Crippen LogP contribution is 2.26. The molecule has 0 saturated heterocycles. The van der Waals surface area contributed by atoms with Crippen LogP contribution in [0.1, 0.15) is 18.9 Å². The number of aryl methyl sites for hydroxylation is 1. The number of carboxylic acids is 2. The summed E-state index contributed by atoms with van der Waals surface area (Å²) in [5, 5.41) is 32.5. The number of carbonyl (C=O) groups excluding carboxylic acids is 2. The monoisotopic (exact) mass is 412 g/mol. The third-order valence-corrected chi connectivity index (χ3v) is 3.99. The number of hydrogen-bond donors (Lipinski definition) is 5. The van der Waals surface area contributed by atoms with Crippen molar-refractivity contribution >= 4 is 29.5 Å². The topological polar surface area (TPSA) is 188 Å². The molecule has 0 spiro atoms. The number of carbonyl (C=O) groups is 4. The number of nitrogens with two attached hydrogens (primary N) is 1. The zero-order valence-corrected chi connectivity index (χ0v) is 15.7. The summed E-state index contributed by atoms with van der Waals surface area (Å²) in [5.74, 6) is -4.18. The fourth-order valence-corrected chi connectivity index (χ4v) is 2.51. The van der Waals surface area contributed by atoms with Gasteiger partial charge in [0.15, 0.2) is 12.2 Å². The van der Waals surface area contributed by atoms with Crippen molar-refractivity contribution in [3.05, 3.63) is 29.8 Å². The predicted molar refractivity (Wildman–Crippen MR) is 99.0 cm³/mol. The number of carboxylic acid groups (broad SMARTS) is 2. The molecule has 6 N–H and O–H groups in total. The summed E-state index contributed by atoms with van der Waals surface area (Å²) in [5.41, 5.74) is 7.65. The molecule has 11 heteroatoms. The maximum absolute atomic E-state index is 12.2. The van der Waals surface area contributed by atoms with E-state index < -0.39 is 36.2 Å². The van der Waals surface area contributed by atoms with E-state index in [-0.39, 0.29) is 12.5 Å². The molecule has 29 heavy (non-hydrogen) atoms. The Kier molecular flexibility index (Phi) is 9.19. The second-order valence-electron chi connectivity index (χ2n) is 6.07. The van der Waals surface area contributed by atoms with Gasteiger partial charge in [0, 0.05) is 5.69 Å². The van der Waals surface area contributed by atoms with Crippen LogP contribution in [0.4, 0.5) is 5.69 Å². The van der Waals surface area contributed by atoms with E-state index >= 15 is 0 Å². The van der Waals surface area contributed by atoms with Crippen LogP contribution in [0.3, 0.4) is 0 Å². The first-order chi connectivity index (χ1) is 13.6. The molecule has 0 bridgehead atoms. The Morgan fingerprint density at radius 1 is 1.17 bits per heavy atom. The second-order valence-corrected chi connectivity index (χ2v) is 6.07. The molecule has 1 aliphatic heterocycles. The number of hydrogen-bond acceptors (Lipinski definition) is 8. The summed E-state index contributed by atoms with van der Waals surface area (Å²) in [6.07, 6.45) is -3.20. The Morgan fingerprint density at radius 3 is 2.24 bits per heavy atom. The molecule has 1 aromatic rings. The number of nitrogens with zero attached hydrogens (tertiary/aromatic N) is 1. The van der Waals surface area contributed by atoms with Crippen molar-refractivity contribution in [3.63, 3.8) is 0 Å². The Balaban J connectivity index is 0.000000359. The van der Waals surface area contributed by atoms with Crippen molar-refractivity contribution < 1.29 is 44.3 Å². The standard InChI is InChI=1S/C14H18N2O3.C4H6O6/c1-2-19-13(17)9-16-12-6-4-3-5-10(12)7-8-11(15)14(16)18;5-1(3(7)8)2(6)4(9)10/h3-6,11H,2,7-9,15H2,1H3;1-2,5-6H,(H,7,8)(H,9,10)/t11-;/m1./s1. The average Bonchev–Trinajstić information content (AvgIpc) is 2.79. The van der Waals surface area contributed by atoms with Gasteiger partial charge in [0.2, 0.25) is 5.91 Å². The number of amides is 1. The van der Waals surface area contributed by atoms with Crippen LogP contribution in [-0.4, -0.2) is 75.6 Å². The quantitative estimate of drug-likeness (QED) is 0.353. The molecule has 160 valence electrons. The molecule has 11 nitrogen and oxygen atoms in total. The van der Waals surface area contributed by atoms with Gasteiger partial charge in [0.05, 0.1) is 12.6 Å². The number of aliphatic hydroxyl groups excluding tert-OH is 2. The van der Waals surface area contributed by atoms with Crippen LogP contribution in [0, 0.1) is 0 Å². The maximum atomic E-state index is 12.2. The molecule has 1 amide bonds. The van der Waals surface area contributed by atoms with Crippen LogP contribution < -0.4 is 10.6 Å². The molecular formula is C18H24N2O9. The van der Waals surface area contributed by atoms with Crippen LogP contribution >= 0.6 is 0 Å². The highest BCUT2D eigenvalue weighted by molar-refractivity contribution is 6.01. The summed E-state index contributed by atoms with van der Waals surface area (Å²) in [6.45, 7) is 1.95. The minimum atomic E-state index is -2.27. The minimum Gasteiger partial charge on any atom is -0.479 e. The lowest BCUT2D eigenvalue weighted by molar-refractivity contribution is -0.165. The van der Waals surface area contributed by atoms with E-state index in [0.717, 1.165) is 17.7 Å². The fourth-order valence-electron chi connectivity index (χ4n) is 2.51. The molecule has 1 aromatic carbocycles. The molecule has 0 saturated carbocycles. The number of benzene rings is 1. The first-order valence-electron chi connectivity index (χ1n) is 8.72. The van der Waals surface area contributed by atoms with E-state index in [1.807, 2.05) is 24.3 Å². The Bertz CT molecular complexity index is 735. The highest BCUT2D eigenvalue weighted by Gasteiger charge is 2.30. The summed E-state index contributed by atoms with van der Waals surface area (Å²) in [6, 6.07) is 6.99. The normalized spacial score (nSPS) is 17.7. The average molecular weight is 412 g/mol. The van der Waals surface area contributed by atoms with E-state index in [2.05, 4.69) is 0 Å². The fraction of sp³-hybridized carbons (Fsp3) is 0.444. The molecule has 2 unspecified atom stereocenters. The summed E-state index contributed by atoms with van der Waals surface area (Å²) >= 11 is 0. The Morgan fingerprint density at radius 2 is 1.72 bits per heavy atom. The van der Waals surface area contributed by atoms with Crippen LogP contribution in [0.2, 0.25) is 0 Å². The molecule has 2 rings (SSSR count). The molecule has 0 aromatic heterocycles. The number of ether oxygens (including phenoxy) is 1. The number of para-hydroxylation sites is 1. The number of fused-ring (bicyclic) bond motifs is 1. The maximum Gasteiger partial charge on any atom is 0.335 e. The minimum absolute atomic E-state index is 0.0859. The van der Waals surface area contributed by atoms with E-state index in [0.29, 0.717) is 13.0 Å². The van der Waals surface area contributed by atoms with Gasteiger partial charge in [-0.3, -0.25) is 14.5 Å². The zero-order chi connectivity index (χ0) is 22.1. The third kappa shape index (κ3) is 6.82. The van der Waals surface area contributed by atoms with E-state index in [9.17, 15) is 19.2 Å². The molecule has 3 atom stereocenters. The van der Waals surface area contributed by atoms with Crippen molar-refractivity contribution in [2.24, 2.45) is 5.73 Å². The van der Waals surface area contributed by atoms with Gasteiger partial charge >= 0.3 is 17.9 Å². The van der Waals surface area contributed by atoms with Crippen molar-refractivity contribution in [2.75, 3.05) is 18.1 Å². The van der Waals surface area contributed by atoms with Gasteiger partial charge in [-0.05, 0) is 31.4 Å². The lowest BCUT2D eigenvalue weighted by atomic mass is 10.1. The second kappa shape index (κ2) is 11.1.